The van der Waals surface area contributed by atoms with Crippen molar-refractivity contribution in [3.63, 3.8) is 0 Å². The molecule has 3 rings (SSSR count). The van der Waals surface area contributed by atoms with Crippen molar-refractivity contribution < 1.29 is 14.0 Å². The van der Waals surface area contributed by atoms with Gasteiger partial charge in [0.05, 0.1) is 11.1 Å². The lowest BCUT2D eigenvalue weighted by molar-refractivity contribution is 0.0754. The Morgan fingerprint density at radius 1 is 1.12 bits per heavy atom. The first-order valence-electron chi connectivity index (χ1n) is 8.16. The van der Waals surface area contributed by atoms with Crippen molar-refractivity contribution >= 4 is 22.7 Å². The second-order valence-corrected chi connectivity index (χ2v) is 5.90. The number of hydrogen-bond donors (Lipinski definition) is 0. The number of nitrogens with zero attached hydrogens (tertiary/aromatic N) is 2. The van der Waals surface area contributed by atoms with E-state index in [0.29, 0.717) is 29.6 Å². The zero-order valence-corrected chi connectivity index (χ0v) is 14.2. The fourth-order valence-corrected chi connectivity index (χ4v) is 2.93. The molecule has 128 valence electrons. The number of carbonyl (C=O) groups is 2. The summed E-state index contributed by atoms with van der Waals surface area (Å²) in [6.45, 7) is 4.28. The Balaban J connectivity index is 2.03. The van der Waals surface area contributed by atoms with Crippen LogP contribution in [0.2, 0.25) is 0 Å². The normalized spacial score (nSPS) is 10.8. The summed E-state index contributed by atoms with van der Waals surface area (Å²) in [6.07, 6.45) is 1.50. The first-order valence-corrected chi connectivity index (χ1v) is 8.16. The lowest BCUT2D eigenvalue weighted by atomic mass is 10.1. The standard InChI is InChI=1S/C20H19FN2O2/c1-3-22(12-15-7-5-4-6-8-15)20(25)18-13-23(14(2)24)19-10-9-16(21)11-17(18)19/h4-11,13H,3,12H2,1-2H3. The second-order valence-electron chi connectivity index (χ2n) is 5.90. The topological polar surface area (TPSA) is 42.3 Å². The first-order chi connectivity index (χ1) is 12.0. The highest BCUT2D eigenvalue weighted by molar-refractivity contribution is 6.09. The van der Waals surface area contributed by atoms with Crippen LogP contribution in [0.4, 0.5) is 4.39 Å². The summed E-state index contributed by atoms with van der Waals surface area (Å²) in [6, 6.07) is 13.8. The minimum atomic E-state index is -0.436. The Labute approximate surface area is 145 Å². The van der Waals surface area contributed by atoms with Crippen LogP contribution in [0.25, 0.3) is 10.9 Å². The molecule has 4 nitrogen and oxygen atoms in total. The van der Waals surface area contributed by atoms with Crippen LogP contribution in [0.15, 0.2) is 54.7 Å². The van der Waals surface area contributed by atoms with Gasteiger partial charge in [0.1, 0.15) is 5.82 Å². The van der Waals surface area contributed by atoms with Crippen molar-refractivity contribution in [2.24, 2.45) is 0 Å². The molecule has 0 fully saturated rings. The zero-order valence-electron chi connectivity index (χ0n) is 14.2. The second kappa shape index (κ2) is 6.89. The number of aromatic nitrogens is 1. The molecule has 0 unspecified atom stereocenters. The molecule has 0 atom stereocenters. The van der Waals surface area contributed by atoms with E-state index in [-0.39, 0.29) is 11.8 Å². The summed E-state index contributed by atoms with van der Waals surface area (Å²) in [5.41, 5.74) is 1.88. The van der Waals surface area contributed by atoms with Crippen molar-refractivity contribution in [3.8, 4) is 0 Å². The van der Waals surface area contributed by atoms with Crippen molar-refractivity contribution in [2.75, 3.05) is 6.54 Å². The molecule has 5 heteroatoms. The van der Waals surface area contributed by atoms with Crippen LogP contribution in [-0.2, 0) is 6.54 Å². The Morgan fingerprint density at radius 3 is 2.48 bits per heavy atom. The molecule has 1 heterocycles. The summed E-state index contributed by atoms with van der Waals surface area (Å²) in [5, 5.41) is 0.451. The van der Waals surface area contributed by atoms with Gasteiger partial charge in [0.25, 0.3) is 5.91 Å². The molecule has 0 N–H and O–H groups in total. The van der Waals surface area contributed by atoms with E-state index >= 15 is 0 Å². The van der Waals surface area contributed by atoms with E-state index < -0.39 is 5.82 Å². The Bertz CT molecular complexity index is 932. The third kappa shape index (κ3) is 3.31. The van der Waals surface area contributed by atoms with Crippen LogP contribution in [-0.4, -0.2) is 27.8 Å². The fraction of sp³-hybridized carbons (Fsp3) is 0.200. The van der Waals surface area contributed by atoms with Crippen molar-refractivity contribution in [1.29, 1.82) is 0 Å². The van der Waals surface area contributed by atoms with E-state index in [1.54, 1.807) is 4.90 Å². The van der Waals surface area contributed by atoms with E-state index in [2.05, 4.69) is 0 Å². The molecule has 0 aliphatic heterocycles. The average molecular weight is 338 g/mol. The molecule has 0 aliphatic rings. The summed E-state index contributed by atoms with van der Waals surface area (Å²) in [4.78, 5) is 26.6. The van der Waals surface area contributed by atoms with Crippen LogP contribution < -0.4 is 0 Å². The Kier molecular flexibility index (Phi) is 4.65. The zero-order chi connectivity index (χ0) is 18.0. The maximum Gasteiger partial charge on any atom is 0.256 e. The predicted molar refractivity (Wildman–Crippen MR) is 95.1 cm³/mol. The number of carbonyl (C=O) groups excluding carboxylic acids is 2. The van der Waals surface area contributed by atoms with Gasteiger partial charge < -0.3 is 4.90 Å². The molecule has 0 spiro atoms. The van der Waals surface area contributed by atoms with Crippen LogP contribution in [0.1, 0.15) is 34.6 Å². The average Bonchev–Trinajstić information content (AvgIpc) is 2.99. The predicted octanol–water partition coefficient (Wildman–Crippen LogP) is 4.10. The van der Waals surface area contributed by atoms with Gasteiger partial charge in [-0.25, -0.2) is 4.39 Å². The lowest BCUT2D eigenvalue weighted by Crippen LogP contribution is -2.30. The quantitative estimate of drug-likeness (QED) is 0.719. The van der Waals surface area contributed by atoms with Crippen molar-refractivity contribution in [1.82, 2.24) is 9.47 Å². The summed E-state index contributed by atoms with van der Waals surface area (Å²) >= 11 is 0. The summed E-state index contributed by atoms with van der Waals surface area (Å²) < 4.78 is 15.1. The van der Waals surface area contributed by atoms with Gasteiger partial charge in [0, 0.05) is 31.6 Å². The molecule has 25 heavy (non-hydrogen) atoms. The van der Waals surface area contributed by atoms with Crippen LogP contribution in [0.3, 0.4) is 0 Å². The van der Waals surface area contributed by atoms with E-state index in [4.69, 9.17) is 0 Å². The maximum absolute atomic E-state index is 13.7. The number of rotatable bonds is 4. The van der Waals surface area contributed by atoms with Crippen molar-refractivity contribution in [2.45, 2.75) is 20.4 Å². The van der Waals surface area contributed by atoms with Gasteiger partial charge in [0.15, 0.2) is 0 Å². The third-order valence-electron chi connectivity index (χ3n) is 4.22. The first kappa shape index (κ1) is 16.9. The van der Waals surface area contributed by atoms with Gasteiger partial charge >= 0.3 is 0 Å². The molecule has 2 aromatic carbocycles. The van der Waals surface area contributed by atoms with Gasteiger partial charge in [-0.1, -0.05) is 30.3 Å². The maximum atomic E-state index is 13.7. The van der Waals surface area contributed by atoms with Crippen LogP contribution >= 0.6 is 0 Å². The smallest absolute Gasteiger partial charge is 0.256 e. The third-order valence-corrected chi connectivity index (χ3v) is 4.22. The molecule has 0 radical (unpaired) electrons. The summed E-state index contributed by atoms with van der Waals surface area (Å²) in [5.74, 6) is -0.877. The van der Waals surface area contributed by atoms with E-state index in [1.165, 1.54) is 35.9 Å². The molecule has 0 bridgehead atoms. The highest BCUT2D eigenvalue weighted by Crippen LogP contribution is 2.24. The molecule has 1 aromatic heterocycles. The van der Waals surface area contributed by atoms with Crippen LogP contribution in [0.5, 0.6) is 0 Å². The molecule has 3 aromatic rings. The lowest BCUT2D eigenvalue weighted by Gasteiger charge is -2.20. The van der Waals surface area contributed by atoms with Gasteiger partial charge in [-0.2, -0.15) is 0 Å². The Hall–Kier alpha value is -2.95. The minimum absolute atomic E-state index is 0.220. The van der Waals surface area contributed by atoms with E-state index in [9.17, 15) is 14.0 Å². The molecular weight excluding hydrogens is 319 g/mol. The van der Waals surface area contributed by atoms with Gasteiger partial charge in [-0.15, -0.1) is 0 Å². The number of fused-ring (bicyclic) bond motifs is 1. The fourth-order valence-electron chi connectivity index (χ4n) is 2.93. The Morgan fingerprint density at radius 2 is 1.84 bits per heavy atom. The largest absolute Gasteiger partial charge is 0.335 e. The minimum Gasteiger partial charge on any atom is -0.335 e. The van der Waals surface area contributed by atoms with Gasteiger partial charge in [-0.05, 0) is 30.7 Å². The number of amides is 1. The highest BCUT2D eigenvalue weighted by atomic mass is 19.1. The number of benzene rings is 2. The van der Waals surface area contributed by atoms with E-state index in [0.717, 1.165) is 5.56 Å². The number of hydrogen-bond acceptors (Lipinski definition) is 2. The molecule has 0 saturated heterocycles. The number of halogens is 1. The molecule has 0 aliphatic carbocycles. The SMILES string of the molecule is CCN(Cc1ccccc1)C(=O)c1cn(C(C)=O)c2ccc(F)cc12. The monoisotopic (exact) mass is 338 g/mol. The van der Waals surface area contributed by atoms with Gasteiger partial charge in [0.2, 0.25) is 5.91 Å². The van der Waals surface area contributed by atoms with E-state index in [1.807, 2.05) is 37.3 Å². The van der Waals surface area contributed by atoms with Crippen molar-refractivity contribution in [3.05, 3.63) is 71.7 Å². The molecule has 1 amide bonds. The highest BCUT2D eigenvalue weighted by Gasteiger charge is 2.21. The molecule has 0 saturated carbocycles. The molecular formula is C20H19FN2O2. The summed E-state index contributed by atoms with van der Waals surface area (Å²) in [7, 11) is 0. The van der Waals surface area contributed by atoms with Crippen LogP contribution in [0, 0.1) is 5.82 Å². The van der Waals surface area contributed by atoms with Gasteiger partial charge in [-0.3, -0.25) is 14.2 Å².